The van der Waals surface area contributed by atoms with Crippen molar-refractivity contribution in [1.29, 1.82) is 0 Å². The van der Waals surface area contributed by atoms with Gasteiger partial charge in [-0.15, -0.1) is 0 Å². The van der Waals surface area contributed by atoms with Gasteiger partial charge in [-0.1, -0.05) is 6.07 Å². The van der Waals surface area contributed by atoms with Crippen molar-refractivity contribution in [2.24, 2.45) is 0 Å². The first-order chi connectivity index (χ1) is 8.79. The van der Waals surface area contributed by atoms with Crippen molar-refractivity contribution >= 4 is 6.29 Å². The van der Waals surface area contributed by atoms with E-state index in [4.69, 9.17) is 4.74 Å². The van der Waals surface area contributed by atoms with Crippen LogP contribution in [0.5, 0.6) is 5.88 Å². The standard InChI is InChI=1S/C14H14N2O2/c1-11-8-12(10-17)9-16-14(11)18-7-5-13-4-2-3-6-15-13/h2-4,6,8-10H,5,7H2,1H3. The number of aldehydes is 1. The Balaban J connectivity index is 1.92. The molecule has 2 heterocycles. The van der Waals surface area contributed by atoms with E-state index in [2.05, 4.69) is 9.97 Å². The maximum atomic E-state index is 10.6. The lowest BCUT2D eigenvalue weighted by Crippen LogP contribution is -2.05. The van der Waals surface area contributed by atoms with Gasteiger partial charge in [0.25, 0.3) is 0 Å². The summed E-state index contributed by atoms with van der Waals surface area (Å²) >= 11 is 0. The van der Waals surface area contributed by atoms with Gasteiger partial charge in [0.05, 0.1) is 6.61 Å². The molecule has 0 aromatic carbocycles. The Labute approximate surface area is 106 Å². The average molecular weight is 242 g/mol. The maximum Gasteiger partial charge on any atom is 0.216 e. The highest BCUT2D eigenvalue weighted by Crippen LogP contribution is 2.14. The molecule has 4 nitrogen and oxygen atoms in total. The molecular formula is C14H14N2O2. The fourth-order valence-electron chi connectivity index (χ4n) is 1.60. The van der Waals surface area contributed by atoms with Crippen molar-refractivity contribution < 1.29 is 9.53 Å². The molecule has 0 bridgehead atoms. The minimum absolute atomic E-state index is 0.519. The first kappa shape index (κ1) is 12.2. The van der Waals surface area contributed by atoms with Crippen LogP contribution in [0.25, 0.3) is 0 Å². The Bertz CT molecular complexity index is 527. The lowest BCUT2D eigenvalue weighted by atomic mass is 10.2. The molecule has 0 N–H and O–H groups in total. The number of rotatable bonds is 5. The molecule has 0 saturated heterocycles. The van der Waals surface area contributed by atoms with Gasteiger partial charge in [-0.25, -0.2) is 4.98 Å². The quantitative estimate of drug-likeness (QED) is 0.754. The van der Waals surface area contributed by atoms with Crippen LogP contribution in [0.4, 0.5) is 0 Å². The van der Waals surface area contributed by atoms with Crippen LogP contribution in [0.1, 0.15) is 21.6 Å². The van der Waals surface area contributed by atoms with Crippen LogP contribution < -0.4 is 4.74 Å². The molecule has 2 rings (SSSR count). The van der Waals surface area contributed by atoms with Crippen molar-refractivity contribution in [3.8, 4) is 5.88 Å². The predicted octanol–water partition coefficient (Wildman–Crippen LogP) is 2.22. The normalized spacial score (nSPS) is 10.1. The van der Waals surface area contributed by atoms with Gasteiger partial charge < -0.3 is 4.74 Å². The number of pyridine rings is 2. The Morgan fingerprint density at radius 1 is 1.33 bits per heavy atom. The summed E-state index contributed by atoms with van der Waals surface area (Å²) in [6.45, 7) is 2.39. The Morgan fingerprint density at radius 2 is 2.22 bits per heavy atom. The Hall–Kier alpha value is -2.23. The van der Waals surface area contributed by atoms with E-state index < -0.39 is 0 Å². The summed E-state index contributed by atoms with van der Waals surface area (Å²) in [7, 11) is 0. The topological polar surface area (TPSA) is 52.1 Å². The third-order valence-electron chi connectivity index (χ3n) is 2.51. The first-order valence-corrected chi connectivity index (χ1v) is 5.74. The van der Waals surface area contributed by atoms with Crippen molar-refractivity contribution in [3.63, 3.8) is 0 Å². The van der Waals surface area contributed by atoms with Crippen molar-refractivity contribution in [2.45, 2.75) is 13.3 Å². The van der Waals surface area contributed by atoms with Crippen LogP contribution in [0, 0.1) is 6.92 Å². The molecule has 0 radical (unpaired) electrons. The van der Waals surface area contributed by atoms with Gasteiger partial charge in [-0.3, -0.25) is 9.78 Å². The smallest absolute Gasteiger partial charge is 0.216 e. The van der Waals surface area contributed by atoms with Gasteiger partial charge in [-0.05, 0) is 25.1 Å². The van der Waals surface area contributed by atoms with E-state index in [0.29, 0.717) is 18.1 Å². The minimum atomic E-state index is 0.519. The van der Waals surface area contributed by atoms with Gasteiger partial charge in [0.15, 0.2) is 6.29 Å². The van der Waals surface area contributed by atoms with E-state index in [0.717, 1.165) is 24.0 Å². The predicted molar refractivity (Wildman–Crippen MR) is 67.8 cm³/mol. The number of aromatic nitrogens is 2. The van der Waals surface area contributed by atoms with Crippen LogP contribution in [0.3, 0.4) is 0 Å². The molecule has 0 atom stereocenters. The van der Waals surface area contributed by atoms with Gasteiger partial charge in [0, 0.05) is 35.6 Å². The number of hydrogen-bond donors (Lipinski definition) is 0. The summed E-state index contributed by atoms with van der Waals surface area (Å²) in [6, 6.07) is 7.55. The number of ether oxygens (including phenoxy) is 1. The Kier molecular flexibility index (Phi) is 4.02. The zero-order chi connectivity index (χ0) is 12.8. The zero-order valence-corrected chi connectivity index (χ0v) is 10.2. The van der Waals surface area contributed by atoms with Crippen LogP contribution in [0.15, 0.2) is 36.7 Å². The molecule has 0 amide bonds. The van der Waals surface area contributed by atoms with Crippen molar-refractivity contribution in [3.05, 3.63) is 53.5 Å². The average Bonchev–Trinajstić information content (AvgIpc) is 2.42. The van der Waals surface area contributed by atoms with Crippen molar-refractivity contribution in [2.75, 3.05) is 6.61 Å². The molecule has 92 valence electrons. The third kappa shape index (κ3) is 3.13. The summed E-state index contributed by atoms with van der Waals surface area (Å²) in [4.78, 5) is 18.9. The fourth-order valence-corrected chi connectivity index (χ4v) is 1.60. The summed E-state index contributed by atoms with van der Waals surface area (Å²) in [5, 5.41) is 0. The monoisotopic (exact) mass is 242 g/mol. The molecule has 2 aromatic heterocycles. The molecule has 0 unspecified atom stereocenters. The van der Waals surface area contributed by atoms with Crippen molar-refractivity contribution in [1.82, 2.24) is 9.97 Å². The van der Waals surface area contributed by atoms with Gasteiger partial charge >= 0.3 is 0 Å². The second kappa shape index (κ2) is 5.91. The maximum absolute atomic E-state index is 10.6. The summed E-state index contributed by atoms with van der Waals surface area (Å²) < 4.78 is 5.57. The molecule has 0 spiro atoms. The Morgan fingerprint density at radius 3 is 2.89 bits per heavy atom. The molecular weight excluding hydrogens is 228 g/mol. The SMILES string of the molecule is Cc1cc(C=O)cnc1OCCc1ccccn1. The van der Waals surface area contributed by atoms with Gasteiger partial charge in [0.1, 0.15) is 0 Å². The van der Waals surface area contributed by atoms with E-state index in [1.165, 1.54) is 6.20 Å². The summed E-state index contributed by atoms with van der Waals surface area (Å²) in [6.07, 6.45) is 4.78. The first-order valence-electron chi connectivity index (χ1n) is 5.74. The molecule has 0 fully saturated rings. The van der Waals surface area contributed by atoms with E-state index in [1.54, 1.807) is 12.3 Å². The van der Waals surface area contributed by atoms with E-state index in [9.17, 15) is 4.79 Å². The second-order valence-corrected chi connectivity index (χ2v) is 3.93. The molecule has 2 aromatic rings. The molecule has 18 heavy (non-hydrogen) atoms. The number of aryl methyl sites for hydroxylation is 1. The highest BCUT2D eigenvalue weighted by atomic mass is 16.5. The van der Waals surface area contributed by atoms with Crippen LogP contribution in [-0.4, -0.2) is 22.9 Å². The lowest BCUT2D eigenvalue weighted by Gasteiger charge is -2.07. The molecule has 0 aliphatic heterocycles. The van der Waals surface area contributed by atoms with Gasteiger partial charge in [-0.2, -0.15) is 0 Å². The molecule has 4 heteroatoms. The highest BCUT2D eigenvalue weighted by Gasteiger charge is 2.03. The number of carbonyl (C=O) groups excluding carboxylic acids is 1. The molecule has 0 saturated carbocycles. The van der Waals surface area contributed by atoms with E-state index in [-0.39, 0.29) is 0 Å². The van der Waals surface area contributed by atoms with Gasteiger partial charge in [0.2, 0.25) is 5.88 Å². The largest absolute Gasteiger partial charge is 0.477 e. The summed E-state index contributed by atoms with van der Waals surface area (Å²) in [5.41, 5.74) is 2.41. The van der Waals surface area contributed by atoms with E-state index >= 15 is 0 Å². The number of carbonyl (C=O) groups is 1. The zero-order valence-electron chi connectivity index (χ0n) is 10.2. The second-order valence-electron chi connectivity index (χ2n) is 3.93. The van der Waals surface area contributed by atoms with E-state index in [1.807, 2.05) is 25.1 Å². The van der Waals surface area contributed by atoms with Crippen LogP contribution in [-0.2, 0) is 6.42 Å². The lowest BCUT2D eigenvalue weighted by molar-refractivity contribution is 0.112. The molecule has 0 aliphatic carbocycles. The van der Waals surface area contributed by atoms with Crippen LogP contribution >= 0.6 is 0 Å². The third-order valence-corrected chi connectivity index (χ3v) is 2.51. The number of hydrogen-bond acceptors (Lipinski definition) is 4. The number of nitrogens with zero attached hydrogens (tertiary/aromatic N) is 2. The highest BCUT2D eigenvalue weighted by molar-refractivity contribution is 5.74. The minimum Gasteiger partial charge on any atom is -0.477 e. The molecule has 0 aliphatic rings. The summed E-state index contributed by atoms with van der Waals surface area (Å²) in [5.74, 6) is 0.566. The van der Waals surface area contributed by atoms with Crippen LogP contribution in [0.2, 0.25) is 0 Å². The fraction of sp³-hybridized carbons (Fsp3) is 0.214.